The van der Waals surface area contributed by atoms with Crippen LogP contribution in [0.2, 0.25) is 5.02 Å². The van der Waals surface area contributed by atoms with E-state index in [0.717, 1.165) is 5.56 Å². The van der Waals surface area contributed by atoms with Crippen molar-refractivity contribution in [3.63, 3.8) is 0 Å². The number of carbonyl (C=O) groups is 1. The van der Waals surface area contributed by atoms with E-state index in [1.807, 2.05) is 21.9 Å². The van der Waals surface area contributed by atoms with Gasteiger partial charge in [-0.25, -0.2) is 4.98 Å². The smallest absolute Gasteiger partial charge is 0.270 e. The molecule has 0 saturated carbocycles. The fourth-order valence-corrected chi connectivity index (χ4v) is 3.90. The Labute approximate surface area is 183 Å². The SMILES string of the molecule is N#Cc1cc(N2CCN(C(=O)Cc3cccc(Cl)c3)CC2)nc2ccc([N+](=O)[O-])cc12. The van der Waals surface area contributed by atoms with Crippen molar-refractivity contribution < 1.29 is 9.72 Å². The molecule has 0 spiro atoms. The number of nitrogens with zero attached hydrogens (tertiary/aromatic N) is 5. The Hall–Kier alpha value is -3.70. The van der Waals surface area contributed by atoms with E-state index in [2.05, 4.69) is 11.1 Å². The minimum atomic E-state index is -0.492. The second kappa shape index (κ2) is 8.58. The van der Waals surface area contributed by atoms with Crippen molar-refractivity contribution >= 4 is 39.9 Å². The molecule has 0 aliphatic carbocycles. The Morgan fingerprint density at radius 1 is 1.16 bits per heavy atom. The number of nitro groups is 1. The van der Waals surface area contributed by atoms with E-state index in [1.54, 1.807) is 24.3 Å². The molecule has 1 aliphatic rings. The first kappa shape index (κ1) is 20.6. The first-order chi connectivity index (χ1) is 14.9. The predicted molar refractivity (Wildman–Crippen MR) is 117 cm³/mol. The highest BCUT2D eigenvalue weighted by molar-refractivity contribution is 6.30. The third-order valence-electron chi connectivity index (χ3n) is 5.31. The van der Waals surface area contributed by atoms with Crippen LogP contribution in [0.4, 0.5) is 11.5 Å². The number of hydrogen-bond donors (Lipinski definition) is 0. The molecule has 0 unspecified atom stereocenters. The normalized spacial score (nSPS) is 13.8. The maximum absolute atomic E-state index is 12.6. The topological polar surface area (TPSA) is 103 Å². The minimum Gasteiger partial charge on any atom is -0.353 e. The molecule has 1 amide bonds. The number of halogens is 1. The van der Waals surface area contributed by atoms with Crippen LogP contribution in [0.25, 0.3) is 10.9 Å². The van der Waals surface area contributed by atoms with Crippen LogP contribution in [0.15, 0.2) is 48.5 Å². The summed E-state index contributed by atoms with van der Waals surface area (Å²) in [5.74, 6) is 0.665. The zero-order valence-electron chi connectivity index (χ0n) is 16.5. The summed E-state index contributed by atoms with van der Waals surface area (Å²) in [6.07, 6.45) is 0.298. The van der Waals surface area contributed by atoms with E-state index in [9.17, 15) is 20.2 Å². The van der Waals surface area contributed by atoms with E-state index in [1.165, 1.54) is 12.1 Å². The van der Waals surface area contributed by atoms with Crippen LogP contribution in [0, 0.1) is 21.4 Å². The van der Waals surface area contributed by atoms with E-state index in [4.69, 9.17) is 11.6 Å². The summed E-state index contributed by atoms with van der Waals surface area (Å²) in [5.41, 5.74) is 1.66. The summed E-state index contributed by atoms with van der Waals surface area (Å²) in [6.45, 7) is 2.25. The predicted octanol–water partition coefficient (Wildman–Crippen LogP) is 3.56. The van der Waals surface area contributed by atoms with Gasteiger partial charge in [0.05, 0.1) is 28.5 Å². The zero-order valence-corrected chi connectivity index (χ0v) is 17.2. The van der Waals surface area contributed by atoms with Gasteiger partial charge >= 0.3 is 0 Å². The number of anilines is 1. The Morgan fingerprint density at radius 3 is 2.61 bits per heavy atom. The average Bonchev–Trinajstić information content (AvgIpc) is 2.78. The maximum Gasteiger partial charge on any atom is 0.270 e. The number of non-ortho nitro benzene ring substituents is 1. The summed E-state index contributed by atoms with van der Waals surface area (Å²) in [7, 11) is 0. The molecule has 0 N–H and O–H groups in total. The van der Waals surface area contributed by atoms with Crippen LogP contribution in [-0.4, -0.2) is 46.9 Å². The van der Waals surface area contributed by atoms with Gasteiger partial charge in [-0.05, 0) is 29.8 Å². The van der Waals surface area contributed by atoms with Crippen molar-refractivity contribution in [3.05, 3.63) is 74.8 Å². The molecule has 1 aliphatic heterocycles. The Bertz CT molecular complexity index is 1220. The standard InChI is InChI=1S/C22H18ClN5O3/c23-17-3-1-2-15(10-17)11-22(29)27-8-6-26(7-9-27)21-12-16(14-24)19-13-18(28(30)31)4-5-20(19)25-21/h1-5,10,12-13H,6-9,11H2. The number of nitriles is 1. The van der Waals surface area contributed by atoms with E-state index in [-0.39, 0.29) is 11.6 Å². The lowest BCUT2D eigenvalue weighted by atomic mass is 10.1. The summed E-state index contributed by atoms with van der Waals surface area (Å²) in [6, 6.07) is 15.4. The molecule has 9 heteroatoms. The molecule has 2 heterocycles. The molecular weight excluding hydrogens is 418 g/mol. The summed E-state index contributed by atoms with van der Waals surface area (Å²) >= 11 is 6.00. The molecule has 0 radical (unpaired) electrons. The van der Waals surface area contributed by atoms with Gasteiger partial charge in [-0.3, -0.25) is 14.9 Å². The average molecular weight is 436 g/mol. The molecule has 0 bridgehead atoms. The Morgan fingerprint density at radius 2 is 1.94 bits per heavy atom. The van der Waals surface area contributed by atoms with Gasteiger partial charge in [0.2, 0.25) is 5.91 Å². The number of nitro benzene ring substituents is 1. The lowest BCUT2D eigenvalue weighted by Gasteiger charge is -2.35. The van der Waals surface area contributed by atoms with Gasteiger partial charge in [0.25, 0.3) is 5.69 Å². The number of piperazine rings is 1. The number of carbonyl (C=O) groups excluding carboxylic acids is 1. The van der Waals surface area contributed by atoms with Gasteiger partial charge in [-0.15, -0.1) is 0 Å². The first-order valence-corrected chi connectivity index (χ1v) is 10.1. The van der Waals surface area contributed by atoms with Gasteiger partial charge in [0.15, 0.2) is 0 Å². The van der Waals surface area contributed by atoms with Crippen LogP contribution < -0.4 is 4.90 Å². The number of amides is 1. The highest BCUT2D eigenvalue weighted by atomic mass is 35.5. The van der Waals surface area contributed by atoms with Gasteiger partial charge in [0, 0.05) is 48.7 Å². The van der Waals surface area contributed by atoms with Crippen LogP contribution in [0.1, 0.15) is 11.1 Å². The quantitative estimate of drug-likeness (QED) is 0.458. The molecular formula is C22H18ClN5O3. The molecule has 1 saturated heterocycles. The molecule has 1 fully saturated rings. The number of rotatable bonds is 4. The number of benzene rings is 2. The number of hydrogen-bond acceptors (Lipinski definition) is 6. The van der Waals surface area contributed by atoms with Gasteiger partial charge in [-0.2, -0.15) is 5.26 Å². The third-order valence-corrected chi connectivity index (χ3v) is 5.55. The van der Waals surface area contributed by atoms with Crippen molar-refractivity contribution in [1.82, 2.24) is 9.88 Å². The van der Waals surface area contributed by atoms with Crippen molar-refractivity contribution in [1.29, 1.82) is 5.26 Å². The fraction of sp³-hybridized carbons (Fsp3) is 0.227. The van der Waals surface area contributed by atoms with Crippen LogP contribution in [0.3, 0.4) is 0 Å². The molecule has 3 aromatic rings. The van der Waals surface area contributed by atoms with Gasteiger partial charge in [-0.1, -0.05) is 23.7 Å². The highest BCUT2D eigenvalue weighted by Crippen LogP contribution is 2.27. The van der Waals surface area contributed by atoms with Crippen LogP contribution >= 0.6 is 11.6 Å². The molecule has 2 aromatic carbocycles. The maximum atomic E-state index is 12.6. The molecule has 0 atom stereocenters. The number of fused-ring (bicyclic) bond motifs is 1. The molecule has 31 heavy (non-hydrogen) atoms. The lowest BCUT2D eigenvalue weighted by molar-refractivity contribution is -0.384. The van der Waals surface area contributed by atoms with Gasteiger partial charge < -0.3 is 9.80 Å². The van der Waals surface area contributed by atoms with Crippen LogP contribution in [-0.2, 0) is 11.2 Å². The highest BCUT2D eigenvalue weighted by Gasteiger charge is 2.23. The second-order valence-electron chi connectivity index (χ2n) is 7.27. The lowest BCUT2D eigenvalue weighted by Crippen LogP contribution is -2.49. The van der Waals surface area contributed by atoms with Crippen LogP contribution in [0.5, 0.6) is 0 Å². The van der Waals surface area contributed by atoms with Crippen molar-refractivity contribution in [3.8, 4) is 6.07 Å². The summed E-state index contributed by atoms with van der Waals surface area (Å²) in [4.78, 5) is 31.6. The van der Waals surface area contributed by atoms with Crippen molar-refractivity contribution in [2.24, 2.45) is 0 Å². The third kappa shape index (κ3) is 4.42. The molecule has 156 valence electrons. The van der Waals surface area contributed by atoms with E-state index < -0.39 is 4.92 Å². The second-order valence-corrected chi connectivity index (χ2v) is 7.71. The summed E-state index contributed by atoms with van der Waals surface area (Å²) in [5, 5.41) is 21.6. The molecule has 1 aromatic heterocycles. The monoisotopic (exact) mass is 435 g/mol. The first-order valence-electron chi connectivity index (χ1n) is 9.71. The molecule has 4 rings (SSSR count). The Kier molecular flexibility index (Phi) is 5.69. The van der Waals surface area contributed by atoms with Gasteiger partial charge in [0.1, 0.15) is 5.82 Å². The fourth-order valence-electron chi connectivity index (χ4n) is 3.69. The van der Waals surface area contributed by atoms with Crippen molar-refractivity contribution in [2.75, 3.05) is 31.1 Å². The largest absolute Gasteiger partial charge is 0.353 e. The minimum absolute atomic E-state index is 0.0402. The molecule has 8 nitrogen and oxygen atoms in total. The van der Waals surface area contributed by atoms with E-state index in [0.29, 0.717) is 59.9 Å². The zero-order chi connectivity index (χ0) is 22.0. The van der Waals surface area contributed by atoms with E-state index >= 15 is 0 Å². The number of pyridine rings is 1. The van der Waals surface area contributed by atoms with Crippen molar-refractivity contribution in [2.45, 2.75) is 6.42 Å². The number of aromatic nitrogens is 1. The Balaban J connectivity index is 1.48. The summed E-state index contributed by atoms with van der Waals surface area (Å²) < 4.78 is 0.